The van der Waals surface area contributed by atoms with Crippen molar-refractivity contribution in [1.29, 1.82) is 5.26 Å². The Hall–Kier alpha value is -4.22. The molecule has 0 aliphatic carbocycles. The molecule has 2 aliphatic rings. The van der Waals surface area contributed by atoms with E-state index in [2.05, 4.69) is 40.4 Å². The molecular formula is C30H30N6O2. The number of nitrogens with zero attached hydrogens (tertiary/aromatic N) is 6. The van der Waals surface area contributed by atoms with Gasteiger partial charge in [-0.15, -0.1) is 0 Å². The van der Waals surface area contributed by atoms with Gasteiger partial charge in [-0.05, 0) is 75.7 Å². The fourth-order valence-corrected chi connectivity index (χ4v) is 6.01. The van der Waals surface area contributed by atoms with Crippen LogP contribution in [0.1, 0.15) is 50.2 Å². The number of likely N-dealkylation sites (N-methyl/N-ethyl adjacent to an activating group) is 1. The molecule has 2 aromatic carbocycles. The highest BCUT2D eigenvalue weighted by Crippen LogP contribution is 2.36. The highest BCUT2D eigenvalue weighted by atomic mass is 16.2. The van der Waals surface area contributed by atoms with Gasteiger partial charge in [0, 0.05) is 25.7 Å². The Bertz CT molecular complexity index is 1610. The summed E-state index contributed by atoms with van der Waals surface area (Å²) in [5.74, 6) is 0.603. The Morgan fingerprint density at radius 3 is 2.39 bits per heavy atom. The average Bonchev–Trinajstić information content (AvgIpc) is 3.61. The van der Waals surface area contributed by atoms with E-state index in [0.717, 1.165) is 47.5 Å². The third-order valence-corrected chi connectivity index (χ3v) is 8.09. The molecule has 4 aromatic rings. The number of carbonyl (C=O) groups excluding carboxylic acids is 2. The number of amides is 2. The summed E-state index contributed by atoms with van der Waals surface area (Å²) in [7, 11) is 4.23. The summed E-state index contributed by atoms with van der Waals surface area (Å²) < 4.78 is 2.15. The minimum absolute atomic E-state index is 0.232. The van der Waals surface area contributed by atoms with Crippen LogP contribution in [0.4, 0.5) is 5.82 Å². The summed E-state index contributed by atoms with van der Waals surface area (Å²) in [6.45, 7) is 4.11. The van der Waals surface area contributed by atoms with Crippen molar-refractivity contribution >= 4 is 34.3 Å². The Morgan fingerprint density at radius 2 is 1.74 bits per heavy atom. The van der Waals surface area contributed by atoms with E-state index in [0.29, 0.717) is 47.8 Å². The normalized spacial score (nSPS) is 17.3. The van der Waals surface area contributed by atoms with Gasteiger partial charge in [-0.2, -0.15) is 5.26 Å². The molecule has 192 valence electrons. The third kappa shape index (κ3) is 3.65. The number of hydrogen-bond acceptors (Lipinski definition) is 6. The van der Waals surface area contributed by atoms with Crippen molar-refractivity contribution in [3.8, 4) is 6.07 Å². The SMILES string of the molecule is Cc1c(CCCN2C(=O)c3ccccc3C2=O)c(N2CC[C@H](N(C)C)C2)n2c(nc3ccccc32)c1C#N. The smallest absolute Gasteiger partial charge is 0.261 e. The molecule has 8 heteroatoms. The highest BCUT2D eigenvalue weighted by Gasteiger charge is 2.35. The third-order valence-electron chi connectivity index (χ3n) is 8.09. The van der Waals surface area contributed by atoms with E-state index < -0.39 is 0 Å². The van der Waals surface area contributed by atoms with Crippen molar-refractivity contribution < 1.29 is 9.59 Å². The largest absolute Gasteiger partial charge is 0.356 e. The summed E-state index contributed by atoms with van der Waals surface area (Å²) in [5.41, 5.74) is 6.02. The van der Waals surface area contributed by atoms with E-state index in [-0.39, 0.29) is 11.8 Å². The van der Waals surface area contributed by atoms with Crippen molar-refractivity contribution in [3.05, 3.63) is 76.3 Å². The Morgan fingerprint density at radius 1 is 1.05 bits per heavy atom. The van der Waals surface area contributed by atoms with Crippen molar-refractivity contribution in [2.24, 2.45) is 0 Å². The zero-order valence-corrected chi connectivity index (χ0v) is 21.9. The van der Waals surface area contributed by atoms with E-state index in [1.165, 1.54) is 4.90 Å². The summed E-state index contributed by atoms with van der Waals surface area (Å²) in [5, 5.41) is 10.2. The second-order valence-electron chi connectivity index (χ2n) is 10.4. The Labute approximate surface area is 221 Å². The van der Waals surface area contributed by atoms with Crippen LogP contribution in [0, 0.1) is 18.3 Å². The summed E-state index contributed by atoms with van der Waals surface area (Å²) in [6, 6.07) is 17.8. The van der Waals surface area contributed by atoms with Crippen LogP contribution in [0.25, 0.3) is 16.7 Å². The predicted molar refractivity (Wildman–Crippen MR) is 147 cm³/mol. The van der Waals surface area contributed by atoms with Crippen molar-refractivity contribution in [1.82, 2.24) is 19.2 Å². The molecule has 6 rings (SSSR count). The minimum atomic E-state index is -0.232. The molecule has 0 saturated carbocycles. The number of aromatic nitrogens is 2. The van der Waals surface area contributed by atoms with E-state index in [4.69, 9.17) is 4.98 Å². The lowest BCUT2D eigenvalue weighted by molar-refractivity contribution is 0.0652. The van der Waals surface area contributed by atoms with E-state index in [1.807, 2.05) is 25.1 Å². The number of fused-ring (bicyclic) bond motifs is 4. The number of pyridine rings is 1. The number of carbonyl (C=O) groups is 2. The fraction of sp³-hybridized carbons (Fsp3) is 0.333. The molecule has 4 heterocycles. The molecule has 0 unspecified atom stereocenters. The maximum atomic E-state index is 12.9. The number of nitriles is 1. The first-order valence-corrected chi connectivity index (χ1v) is 13.1. The first kappa shape index (κ1) is 24.1. The second kappa shape index (κ2) is 9.26. The zero-order valence-electron chi connectivity index (χ0n) is 21.9. The van der Waals surface area contributed by atoms with Crippen LogP contribution in [0.2, 0.25) is 0 Å². The molecular weight excluding hydrogens is 476 g/mol. The number of para-hydroxylation sites is 2. The maximum absolute atomic E-state index is 12.9. The molecule has 2 aromatic heterocycles. The quantitative estimate of drug-likeness (QED) is 0.367. The summed E-state index contributed by atoms with van der Waals surface area (Å²) in [4.78, 5) is 36.7. The van der Waals surface area contributed by atoms with Gasteiger partial charge in [-0.25, -0.2) is 4.98 Å². The first-order valence-electron chi connectivity index (χ1n) is 13.1. The molecule has 0 radical (unpaired) electrons. The van der Waals surface area contributed by atoms with Crippen LogP contribution in [0.5, 0.6) is 0 Å². The minimum Gasteiger partial charge on any atom is -0.356 e. The van der Waals surface area contributed by atoms with E-state index in [1.54, 1.807) is 24.3 Å². The number of hydrogen-bond donors (Lipinski definition) is 0. The molecule has 2 aliphatic heterocycles. The van der Waals surface area contributed by atoms with Crippen LogP contribution >= 0.6 is 0 Å². The lowest BCUT2D eigenvalue weighted by atomic mass is 9.99. The number of imidazole rings is 1. The molecule has 1 atom stereocenters. The summed E-state index contributed by atoms with van der Waals surface area (Å²) >= 11 is 0. The first-order chi connectivity index (χ1) is 18.4. The number of anilines is 1. The van der Waals surface area contributed by atoms with Gasteiger partial charge in [0.15, 0.2) is 5.65 Å². The monoisotopic (exact) mass is 506 g/mol. The average molecular weight is 507 g/mol. The van der Waals surface area contributed by atoms with E-state index >= 15 is 0 Å². The Balaban J connectivity index is 1.41. The molecule has 0 spiro atoms. The van der Waals surface area contributed by atoms with Crippen molar-refractivity contribution in [2.45, 2.75) is 32.2 Å². The van der Waals surface area contributed by atoms with Crippen molar-refractivity contribution in [2.75, 3.05) is 38.6 Å². The number of benzene rings is 2. The van der Waals surface area contributed by atoms with Gasteiger partial charge >= 0.3 is 0 Å². The van der Waals surface area contributed by atoms with Gasteiger partial charge in [-0.1, -0.05) is 24.3 Å². The number of rotatable bonds is 6. The predicted octanol–water partition coefficient (Wildman–Crippen LogP) is 4.04. The van der Waals surface area contributed by atoms with Gasteiger partial charge in [0.25, 0.3) is 11.8 Å². The molecule has 1 saturated heterocycles. The van der Waals surface area contributed by atoms with Gasteiger partial charge in [0.2, 0.25) is 0 Å². The van der Waals surface area contributed by atoms with Crippen LogP contribution < -0.4 is 4.90 Å². The standard InChI is InChI=1S/C30H30N6O2/c1-19-21(11-8-15-35-29(37)22-9-4-5-10-23(22)30(35)38)28(34-16-14-20(18-34)33(2)3)36-26-13-7-6-12-25(26)32-27(36)24(19)17-31/h4-7,9-10,12-13,20H,8,11,14-16,18H2,1-3H3/t20-/m0/s1. The topological polar surface area (TPSA) is 85.0 Å². The molecule has 8 nitrogen and oxygen atoms in total. The fourth-order valence-electron chi connectivity index (χ4n) is 6.01. The highest BCUT2D eigenvalue weighted by molar-refractivity contribution is 6.21. The van der Waals surface area contributed by atoms with Gasteiger partial charge < -0.3 is 9.80 Å². The van der Waals surface area contributed by atoms with Gasteiger partial charge in [0.1, 0.15) is 11.9 Å². The van der Waals surface area contributed by atoms with E-state index in [9.17, 15) is 14.9 Å². The van der Waals surface area contributed by atoms with Crippen LogP contribution in [-0.4, -0.2) is 70.8 Å². The summed E-state index contributed by atoms with van der Waals surface area (Å²) in [6.07, 6.45) is 2.29. The Kier molecular flexibility index (Phi) is 5.88. The van der Waals surface area contributed by atoms with Crippen LogP contribution in [0.3, 0.4) is 0 Å². The molecule has 38 heavy (non-hydrogen) atoms. The van der Waals surface area contributed by atoms with Crippen LogP contribution in [-0.2, 0) is 6.42 Å². The lowest BCUT2D eigenvalue weighted by Gasteiger charge is -2.27. The maximum Gasteiger partial charge on any atom is 0.261 e. The molecule has 0 bridgehead atoms. The lowest BCUT2D eigenvalue weighted by Crippen LogP contribution is -2.33. The van der Waals surface area contributed by atoms with Crippen molar-refractivity contribution in [3.63, 3.8) is 0 Å². The zero-order chi connectivity index (χ0) is 26.6. The van der Waals surface area contributed by atoms with Crippen LogP contribution in [0.15, 0.2) is 48.5 Å². The second-order valence-corrected chi connectivity index (χ2v) is 10.4. The molecule has 2 amide bonds. The van der Waals surface area contributed by atoms with Gasteiger partial charge in [0.05, 0.1) is 27.7 Å². The molecule has 0 N–H and O–H groups in total. The number of imide groups is 1. The van der Waals surface area contributed by atoms with Gasteiger partial charge in [-0.3, -0.25) is 18.9 Å². The molecule has 1 fully saturated rings.